The van der Waals surface area contributed by atoms with Crippen LogP contribution in [0.4, 0.5) is 0 Å². The van der Waals surface area contributed by atoms with Gasteiger partial charge in [0.15, 0.2) is 6.10 Å². The second kappa shape index (κ2) is 50.4. The maximum Gasteiger partial charge on any atom is 0.306 e. The molecule has 402 valence electrons. The summed E-state index contributed by atoms with van der Waals surface area (Å²) in [5.74, 6) is -0.835. The summed E-state index contributed by atoms with van der Waals surface area (Å²) in [6, 6.07) is 0. The summed E-state index contributed by atoms with van der Waals surface area (Å²) in [5.41, 5.74) is 0. The van der Waals surface area contributed by atoms with Crippen molar-refractivity contribution in [1.82, 2.24) is 0 Å². The first-order chi connectivity index (χ1) is 33.0. The van der Waals surface area contributed by atoms with Crippen molar-refractivity contribution < 1.29 is 42.1 Å². The first kappa shape index (κ1) is 66.5. The number of ether oxygens (including phenoxy) is 2. The Morgan fingerprint density at radius 3 is 1.16 bits per heavy atom. The molecule has 2 atom stereocenters. The molecular weight excluding hydrogens is 870 g/mol. The fraction of sp³-hybridized carbons (Fsp3) is 0.897. The van der Waals surface area contributed by atoms with Crippen molar-refractivity contribution in [3.8, 4) is 0 Å². The molecule has 0 saturated carbocycles. The molecule has 0 amide bonds. The van der Waals surface area contributed by atoms with E-state index in [1.54, 1.807) is 0 Å². The number of hydrogen-bond donors (Lipinski definition) is 0. The summed E-state index contributed by atoms with van der Waals surface area (Å²) in [6.45, 7) is 4.15. The van der Waals surface area contributed by atoms with E-state index in [9.17, 15) is 19.0 Å². The SMILES string of the molecule is CCCCCCC/C=C\C/C=C\CCCCCCCCCCCCCCCCCCCCCCCCCCCCCC(=O)OC(COC(=O)CCCCCCC)COP(=O)([O-])OCC[N+](C)(C)C. The molecule has 10 heteroatoms. The lowest BCUT2D eigenvalue weighted by Crippen LogP contribution is -2.37. The third-order valence-corrected chi connectivity index (χ3v) is 13.9. The minimum Gasteiger partial charge on any atom is -0.756 e. The van der Waals surface area contributed by atoms with Crippen molar-refractivity contribution in [2.75, 3.05) is 47.5 Å². The molecule has 68 heavy (non-hydrogen) atoms. The number of rotatable bonds is 54. The van der Waals surface area contributed by atoms with Crippen molar-refractivity contribution in [2.24, 2.45) is 0 Å². The Morgan fingerprint density at radius 1 is 0.456 bits per heavy atom. The van der Waals surface area contributed by atoms with E-state index >= 15 is 0 Å². The summed E-state index contributed by atoms with van der Waals surface area (Å²) in [6.07, 6.45) is 60.4. The van der Waals surface area contributed by atoms with Gasteiger partial charge in [-0.2, -0.15) is 0 Å². The van der Waals surface area contributed by atoms with Crippen LogP contribution in [0.15, 0.2) is 24.3 Å². The van der Waals surface area contributed by atoms with Crippen molar-refractivity contribution in [3.05, 3.63) is 24.3 Å². The maximum atomic E-state index is 12.7. The van der Waals surface area contributed by atoms with Gasteiger partial charge in [0.25, 0.3) is 7.82 Å². The van der Waals surface area contributed by atoms with Gasteiger partial charge in [0.2, 0.25) is 0 Å². The average Bonchev–Trinajstić information content (AvgIpc) is 3.30. The highest BCUT2D eigenvalue weighted by atomic mass is 31.2. The molecule has 0 radical (unpaired) electrons. The van der Waals surface area contributed by atoms with Crippen LogP contribution in [0.25, 0.3) is 0 Å². The zero-order chi connectivity index (χ0) is 49.9. The number of phosphoric ester groups is 1. The molecule has 0 spiro atoms. The van der Waals surface area contributed by atoms with Crippen LogP contribution in [-0.2, 0) is 32.7 Å². The largest absolute Gasteiger partial charge is 0.756 e. The highest BCUT2D eigenvalue weighted by molar-refractivity contribution is 7.45. The molecule has 0 N–H and O–H groups in total. The van der Waals surface area contributed by atoms with E-state index in [-0.39, 0.29) is 26.1 Å². The molecule has 0 aliphatic heterocycles. The van der Waals surface area contributed by atoms with Crippen LogP contribution in [0, 0.1) is 0 Å². The Labute approximate surface area is 421 Å². The summed E-state index contributed by atoms with van der Waals surface area (Å²) >= 11 is 0. The molecule has 0 rings (SSSR count). The second-order valence-corrected chi connectivity index (χ2v) is 22.4. The van der Waals surface area contributed by atoms with Gasteiger partial charge in [-0.25, -0.2) is 0 Å². The van der Waals surface area contributed by atoms with Crippen molar-refractivity contribution in [3.63, 3.8) is 0 Å². The van der Waals surface area contributed by atoms with Crippen LogP contribution < -0.4 is 4.89 Å². The van der Waals surface area contributed by atoms with E-state index < -0.39 is 32.5 Å². The number of allylic oxidation sites excluding steroid dienone is 4. The summed E-state index contributed by atoms with van der Waals surface area (Å²) < 4.78 is 33.8. The molecule has 0 bridgehead atoms. The Bertz CT molecular complexity index is 1200. The van der Waals surface area contributed by atoms with Gasteiger partial charge in [-0.05, 0) is 44.9 Å². The molecular formula is C58H112NO8P. The molecule has 0 saturated heterocycles. The van der Waals surface area contributed by atoms with E-state index in [2.05, 4.69) is 38.2 Å². The Balaban J connectivity index is 3.70. The van der Waals surface area contributed by atoms with Gasteiger partial charge in [0, 0.05) is 12.8 Å². The van der Waals surface area contributed by atoms with Crippen LogP contribution >= 0.6 is 7.82 Å². The summed E-state index contributed by atoms with van der Waals surface area (Å²) in [4.78, 5) is 37.3. The number of hydrogen-bond acceptors (Lipinski definition) is 8. The normalized spacial score (nSPS) is 13.4. The molecule has 0 heterocycles. The van der Waals surface area contributed by atoms with E-state index in [0.29, 0.717) is 17.4 Å². The highest BCUT2D eigenvalue weighted by Crippen LogP contribution is 2.38. The zero-order valence-corrected chi connectivity index (χ0v) is 46.5. The van der Waals surface area contributed by atoms with Crippen LogP contribution in [0.1, 0.15) is 284 Å². The van der Waals surface area contributed by atoms with Crippen molar-refractivity contribution in [1.29, 1.82) is 0 Å². The number of likely N-dealkylation sites (N-methyl/N-ethyl adjacent to an activating group) is 1. The minimum absolute atomic E-state index is 0.0275. The predicted octanol–water partition coefficient (Wildman–Crippen LogP) is 17.2. The molecule has 2 unspecified atom stereocenters. The lowest BCUT2D eigenvalue weighted by molar-refractivity contribution is -0.870. The van der Waals surface area contributed by atoms with Crippen molar-refractivity contribution >= 4 is 19.8 Å². The van der Waals surface area contributed by atoms with Gasteiger partial charge in [-0.15, -0.1) is 0 Å². The highest BCUT2D eigenvalue weighted by Gasteiger charge is 2.22. The van der Waals surface area contributed by atoms with Crippen LogP contribution in [0.3, 0.4) is 0 Å². The number of esters is 2. The second-order valence-electron chi connectivity index (χ2n) is 21.0. The van der Waals surface area contributed by atoms with Gasteiger partial charge in [-0.3, -0.25) is 14.2 Å². The number of carbonyl (C=O) groups is 2. The molecule has 0 aromatic rings. The summed E-state index contributed by atoms with van der Waals surface area (Å²) in [7, 11) is 1.18. The molecule has 0 aliphatic carbocycles. The van der Waals surface area contributed by atoms with Crippen LogP contribution in [0.2, 0.25) is 0 Å². The van der Waals surface area contributed by atoms with Gasteiger partial charge in [0.05, 0.1) is 27.7 Å². The molecule has 0 fully saturated rings. The standard InChI is InChI=1S/C58H112NO8P/c1-6-8-10-12-13-14-15-16-17-18-19-20-21-22-23-24-25-26-27-28-29-30-31-32-33-34-35-36-37-38-39-40-41-42-43-44-45-47-49-51-58(61)67-56(54-64-57(60)50-48-46-11-9-7-2)55-66-68(62,63)65-53-52-59(3,4)5/h15-16,18-19,56H,6-14,17,20-55H2,1-5H3/b16-15-,19-18-. The van der Waals surface area contributed by atoms with Crippen molar-refractivity contribution in [2.45, 2.75) is 290 Å². The number of phosphoric acid groups is 1. The zero-order valence-electron chi connectivity index (χ0n) is 45.6. The smallest absolute Gasteiger partial charge is 0.306 e. The lowest BCUT2D eigenvalue weighted by Gasteiger charge is -2.28. The minimum atomic E-state index is -4.61. The van der Waals surface area contributed by atoms with Gasteiger partial charge < -0.3 is 27.9 Å². The van der Waals surface area contributed by atoms with E-state index in [1.165, 1.54) is 199 Å². The lowest BCUT2D eigenvalue weighted by atomic mass is 10.0. The monoisotopic (exact) mass is 982 g/mol. The molecule has 9 nitrogen and oxygen atoms in total. The third kappa shape index (κ3) is 53.8. The Kier molecular flexibility index (Phi) is 49.3. The van der Waals surface area contributed by atoms with Gasteiger partial charge >= 0.3 is 11.9 Å². The first-order valence-corrected chi connectivity index (χ1v) is 30.5. The van der Waals surface area contributed by atoms with Gasteiger partial charge in [-0.1, -0.05) is 250 Å². The van der Waals surface area contributed by atoms with Gasteiger partial charge in [0.1, 0.15) is 19.8 Å². The van der Waals surface area contributed by atoms with Crippen LogP contribution in [-0.4, -0.2) is 70.0 Å². The first-order valence-electron chi connectivity index (χ1n) is 29.0. The molecule has 0 aromatic heterocycles. The fourth-order valence-electron chi connectivity index (χ4n) is 8.45. The fourth-order valence-corrected chi connectivity index (χ4v) is 9.18. The van der Waals surface area contributed by atoms with E-state index in [4.69, 9.17) is 18.5 Å². The predicted molar refractivity (Wildman–Crippen MR) is 287 cm³/mol. The number of quaternary nitrogens is 1. The maximum absolute atomic E-state index is 12.7. The number of nitrogens with zero attached hydrogens (tertiary/aromatic N) is 1. The number of carbonyl (C=O) groups excluding carboxylic acids is 2. The Hall–Kier alpha value is -1.51. The average molecular weight is 983 g/mol. The molecule has 0 aliphatic rings. The third-order valence-electron chi connectivity index (χ3n) is 13.0. The quantitative estimate of drug-likeness (QED) is 0.0195. The Morgan fingerprint density at radius 2 is 0.794 bits per heavy atom. The van der Waals surface area contributed by atoms with E-state index in [1.807, 2.05) is 21.1 Å². The number of unbranched alkanes of at least 4 members (excludes halogenated alkanes) is 36. The molecule has 0 aromatic carbocycles. The topological polar surface area (TPSA) is 111 Å². The summed E-state index contributed by atoms with van der Waals surface area (Å²) in [5, 5.41) is 0. The van der Waals surface area contributed by atoms with E-state index in [0.717, 1.165) is 51.4 Å². The van der Waals surface area contributed by atoms with Crippen LogP contribution in [0.5, 0.6) is 0 Å².